The number of benzene rings is 1. The average molecular weight is 277 g/mol. The first-order valence-electron chi connectivity index (χ1n) is 6.82. The van der Waals surface area contributed by atoms with Gasteiger partial charge in [0.15, 0.2) is 11.5 Å². The van der Waals surface area contributed by atoms with Crippen LogP contribution >= 0.6 is 0 Å². The lowest BCUT2D eigenvalue weighted by molar-refractivity contribution is -0.136. The molecule has 2 rings (SSSR count). The largest absolute Gasteiger partial charge is 0.493 e. The molecule has 1 aromatic carbocycles. The smallest absolute Gasteiger partial charge is 0.330 e. The summed E-state index contributed by atoms with van der Waals surface area (Å²) in [5.74, 6) is 0.340. The van der Waals surface area contributed by atoms with Gasteiger partial charge in [-0.25, -0.2) is 4.79 Å². The Kier molecular flexibility index (Phi) is 4.98. The van der Waals surface area contributed by atoms with E-state index in [1.807, 2.05) is 0 Å². The molecule has 5 nitrogen and oxygen atoms in total. The quantitative estimate of drug-likeness (QED) is 0.659. The SMILES string of the molecule is COc1ccccc1OC(=O)CNC(=O)C1CCCC1. The number of para-hydroxylation sites is 2. The van der Waals surface area contributed by atoms with Gasteiger partial charge in [-0.3, -0.25) is 4.79 Å². The van der Waals surface area contributed by atoms with Crippen LogP contribution in [0.1, 0.15) is 25.7 Å². The Bertz CT molecular complexity index is 481. The van der Waals surface area contributed by atoms with Crippen LogP contribution < -0.4 is 14.8 Å². The van der Waals surface area contributed by atoms with Crippen LogP contribution in [-0.4, -0.2) is 25.5 Å². The van der Waals surface area contributed by atoms with Crippen molar-refractivity contribution in [2.75, 3.05) is 13.7 Å². The Morgan fingerprint density at radius 2 is 1.85 bits per heavy atom. The van der Waals surface area contributed by atoms with Crippen molar-refractivity contribution in [2.24, 2.45) is 5.92 Å². The Labute approximate surface area is 118 Å². The average Bonchev–Trinajstić information content (AvgIpc) is 2.99. The summed E-state index contributed by atoms with van der Waals surface area (Å²) in [6.07, 6.45) is 3.99. The van der Waals surface area contributed by atoms with E-state index in [9.17, 15) is 9.59 Å². The summed E-state index contributed by atoms with van der Waals surface area (Å²) in [4.78, 5) is 23.5. The number of methoxy groups -OCH3 is 1. The molecule has 0 bridgehead atoms. The van der Waals surface area contributed by atoms with Crippen LogP contribution in [0.15, 0.2) is 24.3 Å². The highest BCUT2D eigenvalue weighted by Gasteiger charge is 2.23. The zero-order chi connectivity index (χ0) is 14.4. The third-order valence-corrected chi connectivity index (χ3v) is 3.43. The van der Waals surface area contributed by atoms with E-state index < -0.39 is 5.97 Å². The zero-order valence-electron chi connectivity index (χ0n) is 11.6. The molecule has 1 fully saturated rings. The van der Waals surface area contributed by atoms with Crippen molar-refractivity contribution in [1.82, 2.24) is 5.32 Å². The lowest BCUT2D eigenvalue weighted by Crippen LogP contribution is -2.35. The summed E-state index contributed by atoms with van der Waals surface area (Å²) in [5, 5.41) is 2.63. The van der Waals surface area contributed by atoms with E-state index in [0.717, 1.165) is 25.7 Å². The summed E-state index contributed by atoms with van der Waals surface area (Å²) < 4.78 is 10.3. The third-order valence-electron chi connectivity index (χ3n) is 3.43. The van der Waals surface area contributed by atoms with Crippen LogP contribution in [0.25, 0.3) is 0 Å². The van der Waals surface area contributed by atoms with Crippen LogP contribution in [0.2, 0.25) is 0 Å². The highest BCUT2D eigenvalue weighted by molar-refractivity contribution is 5.84. The molecule has 5 heteroatoms. The lowest BCUT2D eigenvalue weighted by Gasteiger charge is -2.11. The second-order valence-electron chi connectivity index (χ2n) is 4.82. The molecular formula is C15H19NO4. The maximum atomic E-state index is 11.8. The molecule has 0 atom stereocenters. The maximum absolute atomic E-state index is 11.8. The van der Waals surface area contributed by atoms with Crippen molar-refractivity contribution in [2.45, 2.75) is 25.7 Å². The van der Waals surface area contributed by atoms with Crippen LogP contribution in [0.3, 0.4) is 0 Å². The van der Waals surface area contributed by atoms with Gasteiger partial charge < -0.3 is 14.8 Å². The number of carbonyl (C=O) groups excluding carboxylic acids is 2. The normalized spacial score (nSPS) is 14.8. The minimum absolute atomic E-state index is 0.0501. The predicted octanol–water partition coefficient (Wildman–Crippen LogP) is 1.91. The summed E-state index contributed by atoms with van der Waals surface area (Å²) in [7, 11) is 1.51. The van der Waals surface area contributed by atoms with Gasteiger partial charge in [-0.15, -0.1) is 0 Å². The highest BCUT2D eigenvalue weighted by Crippen LogP contribution is 2.26. The number of hydrogen-bond donors (Lipinski definition) is 1. The minimum atomic E-state index is -0.499. The molecule has 1 aliphatic carbocycles. The molecule has 0 aromatic heterocycles. The summed E-state index contributed by atoms with van der Waals surface area (Å²) >= 11 is 0. The second kappa shape index (κ2) is 6.93. The Balaban J connectivity index is 1.81. The Morgan fingerprint density at radius 3 is 2.50 bits per heavy atom. The maximum Gasteiger partial charge on any atom is 0.330 e. The molecule has 0 unspecified atom stereocenters. The zero-order valence-corrected chi connectivity index (χ0v) is 11.6. The number of rotatable bonds is 5. The van der Waals surface area contributed by atoms with E-state index in [1.165, 1.54) is 7.11 Å². The molecular weight excluding hydrogens is 258 g/mol. The van der Waals surface area contributed by atoms with Crippen molar-refractivity contribution < 1.29 is 19.1 Å². The Hall–Kier alpha value is -2.04. The number of nitrogens with one attached hydrogen (secondary N) is 1. The van der Waals surface area contributed by atoms with E-state index in [-0.39, 0.29) is 18.4 Å². The third kappa shape index (κ3) is 3.73. The molecule has 1 saturated carbocycles. The molecule has 108 valence electrons. The van der Waals surface area contributed by atoms with E-state index in [1.54, 1.807) is 24.3 Å². The number of amides is 1. The van der Waals surface area contributed by atoms with Crippen molar-refractivity contribution >= 4 is 11.9 Å². The van der Waals surface area contributed by atoms with Crippen molar-refractivity contribution in [3.05, 3.63) is 24.3 Å². The fourth-order valence-corrected chi connectivity index (χ4v) is 2.35. The van der Waals surface area contributed by atoms with Crippen molar-refractivity contribution in [1.29, 1.82) is 0 Å². The number of carbonyl (C=O) groups is 2. The lowest BCUT2D eigenvalue weighted by atomic mass is 10.1. The van der Waals surface area contributed by atoms with Crippen LogP contribution in [0.5, 0.6) is 11.5 Å². The van der Waals surface area contributed by atoms with Gasteiger partial charge in [0.1, 0.15) is 6.54 Å². The first-order valence-corrected chi connectivity index (χ1v) is 6.82. The molecule has 20 heavy (non-hydrogen) atoms. The standard InChI is InChI=1S/C15H19NO4/c1-19-12-8-4-5-9-13(12)20-14(17)10-16-15(18)11-6-2-3-7-11/h4-5,8-9,11H,2-3,6-7,10H2,1H3,(H,16,18). The van der Waals surface area contributed by atoms with Gasteiger partial charge in [-0.2, -0.15) is 0 Å². The van der Waals surface area contributed by atoms with Gasteiger partial charge >= 0.3 is 5.97 Å². The second-order valence-corrected chi connectivity index (χ2v) is 4.82. The van der Waals surface area contributed by atoms with E-state index in [0.29, 0.717) is 11.5 Å². The molecule has 0 spiro atoms. The summed E-state index contributed by atoms with van der Waals surface area (Å²) in [6.45, 7) is -0.118. The Morgan fingerprint density at radius 1 is 1.20 bits per heavy atom. The fraction of sp³-hybridized carbons (Fsp3) is 0.467. The number of hydrogen-bond acceptors (Lipinski definition) is 4. The molecule has 0 saturated heterocycles. The van der Waals surface area contributed by atoms with Crippen LogP contribution in [-0.2, 0) is 9.59 Å². The predicted molar refractivity (Wildman–Crippen MR) is 73.6 cm³/mol. The van der Waals surface area contributed by atoms with Crippen LogP contribution in [0, 0.1) is 5.92 Å². The fourth-order valence-electron chi connectivity index (χ4n) is 2.35. The van der Waals surface area contributed by atoms with Crippen LogP contribution in [0.4, 0.5) is 0 Å². The topological polar surface area (TPSA) is 64.6 Å². The van der Waals surface area contributed by atoms with Gasteiger partial charge in [0.25, 0.3) is 0 Å². The van der Waals surface area contributed by atoms with Crippen molar-refractivity contribution in [3.63, 3.8) is 0 Å². The summed E-state index contributed by atoms with van der Waals surface area (Å²) in [6, 6.07) is 6.90. The van der Waals surface area contributed by atoms with E-state index >= 15 is 0 Å². The molecule has 0 radical (unpaired) electrons. The number of esters is 1. The molecule has 0 heterocycles. The van der Waals surface area contributed by atoms with Gasteiger partial charge in [-0.1, -0.05) is 25.0 Å². The first kappa shape index (κ1) is 14.4. The van der Waals surface area contributed by atoms with Gasteiger partial charge in [0.2, 0.25) is 5.91 Å². The van der Waals surface area contributed by atoms with E-state index in [4.69, 9.17) is 9.47 Å². The molecule has 1 N–H and O–H groups in total. The van der Waals surface area contributed by atoms with Gasteiger partial charge in [0, 0.05) is 5.92 Å². The first-order chi connectivity index (χ1) is 9.70. The minimum Gasteiger partial charge on any atom is -0.493 e. The number of ether oxygens (including phenoxy) is 2. The monoisotopic (exact) mass is 277 g/mol. The summed E-state index contributed by atoms with van der Waals surface area (Å²) in [5.41, 5.74) is 0. The molecule has 1 aliphatic rings. The molecule has 1 aromatic rings. The van der Waals surface area contributed by atoms with Crippen molar-refractivity contribution in [3.8, 4) is 11.5 Å². The van der Waals surface area contributed by atoms with E-state index in [2.05, 4.69) is 5.32 Å². The van der Waals surface area contributed by atoms with Gasteiger partial charge in [0.05, 0.1) is 7.11 Å². The van der Waals surface area contributed by atoms with Gasteiger partial charge in [-0.05, 0) is 25.0 Å². The molecule has 1 amide bonds. The molecule has 0 aliphatic heterocycles. The highest BCUT2D eigenvalue weighted by atomic mass is 16.6.